The Morgan fingerprint density at radius 2 is 2.04 bits per heavy atom. The number of alkyl halides is 2. The number of aryl methyl sites for hydroxylation is 1. The van der Waals surface area contributed by atoms with Crippen molar-refractivity contribution in [3.63, 3.8) is 0 Å². The van der Waals surface area contributed by atoms with Crippen molar-refractivity contribution in [1.29, 1.82) is 0 Å². The summed E-state index contributed by atoms with van der Waals surface area (Å²) < 4.78 is 33.8. The zero-order chi connectivity index (χ0) is 19.6. The van der Waals surface area contributed by atoms with Gasteiger partial charge in [-0.15, -0.1) is 0 Å². The molecule has 9 heteroatoms. The zero-order valence-electron chi connectivity index (χ0n) is 14.6. The van der Waals surface area contributed by atoms with Crippen molar-refractivity contribution in [2.24, 2.45) is 0 Å². The van der Waals surface area contributed by atoms with E-state index >= 15 is 0 Å². The molecule has 2 aromatic rings. The van der Waals surface area contributed by atoms with Crippen LogP contribution in [0.15, 0.2) is 24.3 Å². The Kier molecular flexibility index (Phi) is 5.91. The van der Waals surface area contributed by atoms with Gasteiger partial charge >= 0.3 is 0 Å². The highest BCUT2D eigenvalue weighted by Gasteiger charge is 2.36. The number of nitrogens with zero attached hydrogens (tertiary/aromatic N) is 2. The standard InChI is InChI=1S/C18H19Cl2F2N3O2/c1-11-8-16(25(24-11)13-4-6-18(21,22)7-5-13)23-17(26)10-27-15-3-2-12(19)9-14(15)20/h2-3,8-9,13H,4-7,10H2,1H3,(H,23,26). The van der Waals surface area contributed by atoms with Crippen molar-refractivity contribution in [3.05, 3.63) is 40.0 Å². The number of ether oxygens (including phenoxy) is 1. The predicted molar refractivity (Wildman–Crippen MR) is 100 cm³/mol. The first-order valence-corrected chi connectivity index (χ1v) is 9.31. The number of benzene rings is 1. The van der Waals surface area contributed by atoms with E-state index in [9.17, 15) is 13.6 Å². The number of nitrogens with one attached hydrogen (secondary N) is 1. The fourth-order valence-corrected chi connectivity index (χ4v) is 3.54. The Labute approximate surface area is 165 Å². The van der Waals surface area contributed by atoms with Crippen LogP contribution in [-0.2, 0) is 4.79 Å². The number of aromatic nitrogens is 2. The average Bonchev–Trinajstić information content (AvgIpc) is 2.94. The number of amides is 1. The van der Waals surface area contributed by atoms with Crippen LogP contribution in [0.4, 0.5) is 14.6 Å². The second-order valence-corrected chi connectivity index (χ2v) is 7.46. The maximum absolute atomic E-state index is 13.4. The summed E-state index contributed by atoms with van der Waals surface area (Å²) in [6, 6.07) is 6.25. The molecular formula is C18H19Cl2F2N3O2. The maximum atomic E-state index is 13.4. The highest BCUT2D eigenvalue weighted by atomic mass is 35.5. The van der Waals surface area contributed by atoms with Gasteiger partial charge in [-0.2, -0.15) is 5.10 Å². The predicted octanol–water partition coefficient (Wildman–Crippen LogP) is 5.27. The summed E-state index contributed by atoms with van der Waals surface area (Å²) in [6.07, 6.45) is 0.270. The molecule has 1 aliphatic carbocycles. The second kappa shape index (κ2) is 8.02. The molecule has 1 fully saturated rings. The van der Waals surface area contributed by atoms with E-state index in [0.717, 1.165) is 0 Å². The number of carbonyl (C=O) groups excluding carboxylic acids is 1. The lowest BCUT2D eigenvalue weighted by molar-refractivity contribution is -0.118. The van der Waals surface area contributed by atoms with Crippen molar-refractivity contribution in [3.8, 4) is 5.75 Å². The van der Waals surface area contributed by atoms with Gasteiger partial charge in [0.1, 0.15) is 11.6 Å². The molecule has 0 saturated heterocycles. The van der Waals surface area contributed by atoms with Crippen LogP contribution in [0.5, 0.6) is 5.75 Å². The average molecular weight is 418 g/mol. The van der Waals surface area contributed by atoms with Crippen molar-refractivity contribution in [2.75, 3.05) is 11.9 Å². The quantitative estimate of drug-likeness (QED) is 0.720. The molecule has 0 radical (unpaired) electrons. The fraction of sp³-hybridized carbons (Fsp3) is 0.444. The summed E-state index contributed by atoms with van der Waals surface area (Å²) in [5.74, 6) is -2.20. The van der Waals surface area contributed by atoms with Crippen LogP contribution in [0.3, 0.4) is 0 Å². The monoisotopic (exact) mass is 417 g/mol. The fourth-order valence-electron chi connectivity index (χ4n) is 3.07. The summed E-state index contributed by atoms with van der Waals surface area (Å²) in [6.45, 7) is 1.53. The Bertz CT molecular complexity index is 832. The van der Waals surface area contributed by atoms with Crippen LogP contribution in [0, 0.1) is 6.92 Å². The first kappa shape index (κ1) is 19.9. The van der Waals surface area contributed by atoms with E-state index < -0.39 is 11.8 Å². The van der Waals surface area contributed by atoms with Crippen molar-refractivity contribution < 1.29 is 18.3 Å². The molecule has 0 spiro atoms. The molecule has 27 heavy (non-hydrogen) atoms. The second-order valence-electron chi connectivity index (χ2n) is 6.61. The molecule has 1 heterocycles. The summed E-state index contributed by atoms with van der Waals surface area (Å²) in [5, 5.41) is 7.86. The zero-order valence-corrected chi connectivity index (χ0v) is 16.2. The Morgan fingerprint density at radius 1 is 1.33 bits per heavy atom. The number of halogens is 4. The molecular weight excluding hydrogens is 399 g/mol. The molecule has 146 valence electrons. The normalized spacial score (nSPS) is 16.9. The highest BCUT2D eigenvalue weighted by Crippen LogP contribution is 2.39. The molecule has 0 bridgehead atoms. The van der Waals surface area contributed by atoms with E-state index in [0.29, 0.717) is 40.1 Å². The number of anilines is 1. The largest absolute Gasteiger partial charge is 0.482 e. The first-order chi connectivity index (χ1) is 12.7. The third-order valence-corrected chi connectivity index (χ3v) is 4.94. The molecule has 3 rings (SSSR count). The Hall–Kier alpha value is -1.86. The number of carbonyl (C=O) groups is 1. The molecule has 1 saturated carbocycles. The molecule has 1 N–H and O–H groups in total. The van der Waals surface area contributed by atoms with Gasteiger partial charge in [0.25, 0.3) is 5.91 Å². The van der Waals surface area contributed by atoms with Gasteiger partial charge in [0.15, 0.2) is 6.61 Å². The van der Waals surface area contributed by atoms with Gasteiger partial charge in [0, 0.05) is 23.9 Å². The van der Waals surface area contributed by atoms with E-state index in [1.54, 1.807) is 29.8 Å². The van der Waals surface area contributed by atoms with Crippen LogP contribution < -0.4 is 10.1 Å². The van der Waals surface area contributed by atoms with Crippen molar-refractivity contribution in [1.82, 2.24) is 9.78 Å². The molecule has 0 aliphatic heterocycles. The smallest absolute Gasteiger partial charge is 0.263 e. The maximum Gasteiger partial charge on any atom is 0.263 e. The van der Waals surface area contributed by atoms with E-state index in [1.807, 2.05) is 0 Å². The minimum Gasteiger partial charge on any atom is -0.482 e. The summed E-state index contributed by atoms with van der Waals surface area (Å²) in [5.41, 5.74) is 0.698. The third-order valence-electron chi connectivity index (χ3n) is 4.41. The summed E-state index contributed by atoms with van der Waals surface area (Å²) >= 11 is 11.8. The molecule has 1 aromatic heterocycles. The van der Waals surface area contributed by atoms with E-state index in [2.05, 4.69) is 10.4 Å². The van der Waals surface area contributed by atoms with Crippen LogP contribution >= 0.6 is 23.2 Å². The molecule has 1 amide bonds. The van der Waals surface area contributed by atoms with Crippen molar-refractivity contribution >= 4 is 34.9 Å². The lowest BCUT2D eigenvalue weighted by atomic mass is 9.92. The van der Waals surface area contributed by atoms with Gasteiger partial charge < -0.3 is 10.1 Å². The number of hydrogen-bond donors (Lipinski definition) is 1. The van der Waals surface area contributed by atoms with Gasteiger partial charge in [-0.3, -0.25) is 4.79 Å². The summed E-state index contributed by atoms with van der Waals surface area (Å²) in [4.78, 5) is 12.2. The molecule has 1 aliphatic rings. The van der Waals surface area contributed by atoms with E-state index in [-0.39, 0.29) is 25.5 Å². The van der Waals surface area contributed by atoms with Crippen LogP contribution in [0.2, 0.25) is 10.0 Å². The topological polar surface area (TPSA) is 56.1 Å². The van der Waals surface area contributed by atoms with E-state index in [4.69, 9.17) is 27.9 Å². The number of hydrogen-bond acceptors (Lipinski definition) is 3. The van der Waals surface area contributed by atoms with Gasteiger partial charge in [0.2, 0.25) is 5.92 Å². The molecule has 0 unspecified atom stereocenters. The Balaban J connectivity index is 1.63. The first-order valence-electron chi connectivity index (χ1n) is 8.55. The molecule has 5 nitrogen and oxygen atoms in total. The van der Waals surface area contributed by atoms with Gasteiger partial charge in [-0.05, 0) is 38.0 Å². The van der Waals surface area contributed by atoms with Gasteiger partial charge in [0.05, 0.1) is 16.8 Å². The number of rotatable bonds is 5. The molecule has 0 atom stereocenters. The summed E-state index contributed by atoms with van der Waals surface area (Å²) in [7, 11) is 0. The lowest BCUT2D eigenvalue weighted by Gasteiger charge is -2.29. The van der Waals surface area contributed by atoms with Crippen LogP contribution in [-0.4, -0.2) is 28.2 Å². The van der Waals surface area contributed by atoms with Crippen LogP contribution in [0.25, 0.3) is 0 Å². The minimum absolute atomic E-state index is 0.166. The minimum atomic E-state index is -2.62. The van der Waals surface area contributed by atoms with E-state index in [1.165, 1.54) is 6.07 Å². The lowest BCUT2D eigenvalue weighted by Crippen LogP contribution is -2.28. The third kappa shape index (κ3) is 5.11. The SMILES string of the molecule is Cc1cc(NC(=O)COc2ccc(Cl)cc2Cl)n(C2CCC(F)(F)CC2)n1. The highest BCUT2D eigenvalue weighted by molar-refractivity contribution is 6.35. The van der Waals surface area contributed by atoms with Gasteiger partial charge in [-0.1, -0.05) is 23.2 Å². The van der Waals surface area contributed by atoms with Crippen LogP contribution in [0.1, 0.15) is 37.4 Å². The van der Waals surface area contributed by atoms with Crippen molar-refractivity contribution in [2.45, 2.75) is 44.6 Å². The Morgan fingerprint density at radius 3 is 2.70 bits per heavy atom. The molecule has 1 aromatic carbocycles. The van der Waals surface area contributed by atoms with Gasteiger partial charge in [-0.25, -0.2) is 13.5 Å².